The van der Waals surface area contributed by atoms with Crippen molar-refractivity contribution in [1.29, 1.82) is 0 Å². The summed E-state index contributed by atoms with van der Waals surface area (Å²) in [4.78, 5) is 18.8. The Morgan fingerprint density at radius 1 is 1.00 bits per heavy atom. The number of carbonyl (C=O) groups excluding carboxylic acids is 1. The molecule has 2 unspecified atom stereocenters. The molecule has 2 aromatic carbocycles. The highest BCUT2D eigenvalue weighted by Gasteiger charge is 2.48. The molecule has 0 amide bonds. The molecule has 1 aliphatic heterocycles. The quantitative estimate of drug-likeness (QED) is 0.351. The van der Waals surface area contributed by atoms with Gasteiger partial charge in [-0.15, -0.1) is 0 Å². The van der Waals surface area contributed by atoms with E-state index in [4.69, 9.17) is 33.3 Å². The molecule has 1 aliphatic carbocycles. The molecule has 4 nitrogen and oxygen atoms in total. The molecule has 1 fully saturated rings. The Labute approximate surface area is 215 Å². The highest BCUT2D eigenvalue weighted by atomic mass is 35.5. The molecule has 2 heterocycles. The SMILES string of the molecule is CC1(C)CC(=O)C2C(=Nc3c(c(C(C)(C)C)nn3-c3ccc(F)cc3)C2c2ccc(Cl)c(Cl)c2)C1. The number of carbonyl (C=O) groups is 1. The van der Waals surface area contributed by atoms with Crippen LogP contribution in [0.3, 0.4) is 0 Å². The fourth-order valence-corrected chi connectivity index (χ4v) is 5.72. The minimum atomic E-state index is -0.389. The van der Waals surface area contributed by atoms with E-state index in [0.29, 0.717) is 28.7 Å². The first kappa shape index (κ1) is 24.2. The number of aromatic nitrogens is 2. The zero-order valence-electron chi connectivity index (χ0n) is 20.5. The maximum atomic E-state index is 13.7. The molecule has 3 aromatic rings. The van der Waals surface area contributed by atoms with Crippen LogP contribution in [0, 0.1) is 17.2 Å². The zero-order chi connectivity index (χ0) is 25.3. The summed E-state index contributed by atoms with van der Waals surface area (Å²) < 4.78 is 15.5. The average Bonchev–Trinajstić information content (AvgIpc) is 3.13. The molecule has 182 valence electrons. The summed E-state index contributed by atoms with van der Waals surface area (Å²) in [6, 6.07) is 11.8. The number of hydrogen-bond acceptors (Lipinski definition) is 3. The molecule has 2 aliphatic rings. The lowest BCUT2D eigenvalue weighted by atomic mass is 9.63. The second-order valence-corrected chi connectivity index (χ2v) is 12.3. The average molecular weight is 512 g/mol. The molecule has 1 aromatic heterocycles. The van der Waals surface area contributed by atoms with E-state index in [0.717, 1.165) is 28.2 Å². The molecule has 0 radical (unpaired) electrons. The van der Waals surface area contributed by atoms with Crippen molar-refractivity contribution in [2.24, 2.45) is 16.3 Å². The summed E-state index contributed by atoms with van der Waals surface area (Å²) in [5.74, 6) is -0.130. The molecule has 35 heavy (non-hydrogen) atoms. The number of ketones is 1. The Morgan fingerprint density at radius 3 is 2.31 bits per heavy atom. The summed E-state index contributed by atoms with van der Waals surface area (Å²) in [5, 5.41) is 5.93. The van der Waals surface area contributed by atoms with Crippen LogP contribution < -0.4 is 0 Å². The topological polar surface area (TPSA) is 47.2 Å². The van der Waals surface area contributed by atoms with Crippen molar-refractivity contribution in [3.05, 3.63) is 75.1 Å². The van der Waals surface area contributed by atoms with E-state index in [1.807, 2.05) is 12.1 Å². The first-order valence-electron chi connectivity index (χ1n) is 11.8. The fraction of sp³-hybridized carbons (Fsp3) is 0.393. The van der Waals surface area contributed by atoms with Gasteiger partial charge in [-0.25, -0.2) is 14.1 Å². The van der Waals surface area contributed by atoms with E-state index < -0.39 is 0 Å². The van der Waals surface area contributed by atoms with Gasteiger partial charge in [0.05, 0.1) is 27.3 Å². The standard InChI is InChI=1S/C28H28Cl2FN3O/c1-27(2,3)25-24-22(15-6-11-18(29)19(30)12-15)23-20(13-28(4,5)14-21(23)35)32-26(24)34(33-25)17-9-7-16(31)8-10-17/h6-12,22-23H,13-14H2,1-5H3. The molecule has 0 spiro atoms. The molecule has 0 bridgehead atoms. The van der Waals surface area contributed by atoms with Gasteiger partial charge in [0, 0.05) is 29.0 Å². The van der Waals surface area contributed by atoms with E-state index in [1.54, 1.807) is 22.9 Å². The van der Waals surface area contributed by atoms with Crippen LogP contribution in [-0.2, 0) is 10.2 Å². The second kappa shape index (κ2) is 8.28. The minimum Gasteiger partial charge on any atom is -0.299 e. The van der Waals surface area contributed by atoms with Crippen molar-refractivity contribution in [3.8, 4) is 5.69 Å². The number of rotatable bonds is 2. The number of aliphatic imine (C=N–C) groups is 1. The highest BCUT2D eigenvalue weighted by molar-refractivity contribution is 6.42. The van der Waals surface area contributed by atoms with Crippen LogP contribution in [0.4, 0.5) is 10.2 Å². The Balaban J connectivity index is 1.84. The van der Waals surface area contributed by atoms with Gasteiger partial charge in [0.1, 0.15) is 11.6 Å². The van der Waals surface area contributed by atoms with Crippen LogP contribution in [0.15, 0.2) is 47.5 Å². The summed E-state index contributed by atoms with van der Waals surface area (Å²) in [6.07, 6.45) is 1.20. The maximum Gasteiger partial charge on any atom is 0.159 e. The van der Waals surface area contributed by atoms with E-state index in [-0.39, 0.29) is 34.3 Å². The predicted molar refractivity (Wildman–Crippen MR) is 139 cm³/mol. The van der Waals surface area contributed by atoms with Crippen LogP contribution in [0.2, 0.25) is 10.0 Å². The normalized spacial score (nSPS) is 21.4. The van der Waals surface area contributed by atoms with Crippen molar-refractivity contribution >= 4 is 40.5 Å². The van der Waals surface area contributed by atoms with E-state index in [2.05, 4.69) is 34.6 Å². The zero-order valence-corrected chi connectivity index (χ0v) is 22.0. The molecular formula is C28H28Cl2FN3O. The van der Waals surface area contributed by atoms with Gasteiger partial charge in [-0.05, 0) is 53.8 Å². The Hall–Kier alpha value is -2.50. The van der Waals surface area contributed by atoms with Crippen LogP contribution in [0.5, 0.6) is 0 Å². The first-order valence-corrected chi connectivity index (χ1v) is 12.6. The molecular weight excluding hydrogens is 484 g/mol. The lowest BCUT2D eigenvalue weighted by Gasteiger charge is -2.41. The van der Waals surface area contributed by atoms with E-state index >= 15 is 0 Å². The molecule has 0 N–H and O–H groups in total. The van der Waals surface area contributed by atoms with Crippen molar-refractivity contribution in [2.45, 2.75) is 58.8 Å². The third kappa shape index (κ3) is 4.23. The molecule has 0 saturated heterocycles. The summed E-state index contributed by atoms with van der Waals surface area (Å²) in [5.41, 5.74) is 3.76. The number of nitrogens with zero attached hydrogens (tertiary/aromatic N) is 3. The van der Waals surface area contributed by atoms with Crippen LogP contribution in [0.1, 0.15) is 70.2 Å². The maximum absolute atomic E-state index is 13.7. The van der Waals surface area contributed by atoms with Crippen molar-refractivity contribution in [1.82, 2.24) is 9.78 Å². The molecule has 2 atom stereocenters. The monoisotopic (exact) mass is 511 g/mol. The lowest BCUT2D eigenvalue weighted by Crippen LogP contribution is -2.42. The summed E-state index contributed by atoms with van der Waals surface area (Å²) in [6.45, 7) is 10.5. The lowest BCUT2D eigenvalue weighted by molar-refractivity contribution is -0.124. The van der Waals surface area contributed by atoms with Gasteiger partial charge in [-0.3, -0.25) is 4.79 Å². The third-order valence-corrected chi connectivity index (χ3v) is 7.63. The van der Waals surface area contributed by atoms with Crippen molar-refractivity contribution < 1.29 is 9.18 Å². The number of benzene rings is 2. The summed E-state index contributed by atoms with van der Waals surface area (Å²) >= 11 is 12.7. The molecule has 1 saturated carbocycles. The number of fused-ring (bicyclic) bond motifs is 2. The number of Topliss-reactive ketones (excluding diaryl/α,β-unsaturated/α-hetero) is 1. The van der Waals surface area contributed by atoms with Gasteiger partial charge in [-0.2, -0.15) is 5.10 Å². The van der Waals surface area contributed by atoms with E-state index in [9.17, 15) is 9.18 Å². The Bertz CT molecular complexity index is 1370. The van der Waals surface area contributed by atoms with Gasteiger partial charge in [0.15, 0.2) is 5.82 Å². The highest BCUT2D eigenvalue weighted by Crippen LogP contribution is 2.52. The predicted octanol–water partition coefficient (Wildman–Crippen LogP) is 7.84. The van der Waals surface area contributed by atoms with E-state index in [1.165, 1.54) is 12.1 Å². The van der Waals surface area contributed by atoms with Gasteiger partial charge in [0.25, 0.3) is 0 Å². The first-order chi connectivity index (χ1) is 16.4. The third-order valence-electron chi connectivity index (χ3n) is 6.89. The Kier molecular flexibility index (Phi) is 5.72. The molecule has 5 rings (SSSR count). The molecule has 7 heteroatoms. The van der Waals surface area contributed by atoms with Gasteiger partial charge in [0.2, 0.25) is 0 Å². The van der Waals surface area contributed by atoms with Crippen molar-refractivity contribution in [3.63, 3.8) is 0 Å². The smallest absolute Gasteiger partial charge is 0.159 e. The number of hydrogen-bond donors (Lipinski definition) is 0. The number of halogens is 3. The van der Waals surface area contributed by atoms with Crippen LogP contribution in [-0.4, -0.2) is 21.3 Å². The Morgan fingerprint density at radius 2 is 1.69 bits per heavy atom. The van der Waals surface area contributed by atoms with Crippen LogP contribution >= 0.6 is 23.2 Å². The minimum absolute atomic E-state index is 0.177. The van der Waals surface area contributed by atoms with Gasteiger partial charge in [-0.1, -0.05) is 63.9 Å². The second-order valence-electron chi connectivity index (χ2n) is 11.4. The van der Waals surface area contributed by atoms with Crippen LogP contribution in [0.25, 0.3) is 5.69 Å². The van der Waals surface area contributed by atoms with Crippen molar-refractivity contribution in [2.75, 3.05) is 0 Å². The van der Waals surface area contributed by atoms with Gasteiger partial charge < -0.3 is 0 Å². The largest absolute Gasteiger partial charge is 0.299 e. The fourth-order valence-electron chi connectivity index (χ4n) is 5.42. The van der Waals surface area contributed by atoms with Gasteiger partial charge >= 0.3 is 0 Å². The summed E-state index contributed by atoms with van der Waals surface area (Å²) in [7, 11) is 0.